The highest BCUT2D eigenvalue weighted by Crippen LogP contribution is 2.14. The number of anilines is 1. The molecule has 0 atom stereocenters. The van der Waals surface area contributed by atoms with Gasteiger partial charge in [0.05, 0.1) is 5.56 Å². The molecule has 2 aromatic rings. The van der Waals surface area contributed by atoms with E-state index in [-0.39, 0.29) is 11.5 Å². The van der Waals surface area contributed by atoms with Crippen LogP contribution in [0.3, 0.4) is 0 Å². The number of carbonyl (C=O) groups excluding carboxylic acids is 2. The molecule has 2 aromatic carbocycles. The molecule has 0 radical (unpaired) electrons. The van der Waals surface area contributed by atoms with Crippen LogP contribution in [0, 0.1) is 5.82 Å². The number of rotatable bonds is 7. The molecule has 0 aliphatic carbocycles. The van der Waals surface area contributed by atoms with Crippen LogP contribution in [0.15, 0.2) is 54.6 Å². The number of halogens is 1. The first-order valence-electron chi connectivity index (χ1n) is 8.01. The fraction of sp³-hybridized carbons (Fsp3) is 0.263. The molecule has 0 bridgehead atoms. The first kappa shape index (κ1) is 17.7. The third-order valence-electron chi connectivity index (χ3n) is 3.63. The third-order valence-corrected chi connectivity index (χ3v) is 3.63. The summed E-state index contributed by atoms with van der Waals surface area (Å²) in [6.07, 6.45) is 0.997. The van der Waals surface area contributed by atoms with Crippen LogP contribution < -0.4 is 10.2 Å². The van der Waals surface area contributed by atoms with Crippen LogP contribution >= 0.6 is 0 Å². The summed E-state index contributed by atoms with van der Waals surface area (Å²) in [6.45, 7) is 2.68. The summed E-state index contributed by atoms with van der Waals surface area (Å²) >= 11 is 0. The van der Waals surface area contributed by atoms with Crippen molar-refractivity contribution in [2.75, 3.05) is 18.0 Å². The van der Waals surface area contributed by atoms with Crippen LogP contribution in [0.1, 0.15) is 30.1 Å². The zero-order valence-electron chi connectivity index (χ0n) is 13.7. The molecule has 0 saturated carbocycles. The van der Waals surface area contributed by atoms with Gasteiger partial charge in [-0.3, -0.25) is 9.59 Å². The maximum absolute atomic E-state index is 13.5. The molecule has 0 fully saturated rings. The zero-order valence-corrected chi connectivity index (χ0v) is 13.7. The Morgan fingerprint density at radius 1 is 1.04 bits per heavy atom. The van der Waals surface area contributed by atoms with Gasteiger partial charge in [0.2, 0.25) is 5.91 Å². The zero-order chi connectivity index (χ0) is 17.4. The number of nitrogens with zero attached hydrogens (tertiary/aromatic N) is 1. The highest BCUT2D eigenvalue weighted by atomic mass is 19.1. The Kier molecular flexibility index (Phi) is 6.49. The number of hydrogen-bond donors (Lipinski definition) is 1. The summed E-state index contributed by atoms with van der Waals surface area (Å²) in [6, 6.07) is 15.3. The molecule has 0 spiro atoms. The van der Waals surface area contributed by atoms with Crippen molar-refractivity contribution in [1.29, 1.82) is 0 Å². The SMILES string of the molecule is CCC(=O)N(CCCNC(=O)c1ccccc1F)c1ccccc1. The number of nitrogens with one attached hydrogen (secondary N) is 1. The lowest BCUT2D eigenvalue weighted by Gasteiger charge is -2.22. The molecule has 24 heavy (non-hydrogen) atoms. The van der Waals surface area contributed by atoms with E-state index in [0.29, 0.717) is 25.9 Å². The normalized spacial score (nSPS) is 10.2. The summed E-state index contributed by atoms with van der Waals surface area (Å²) in [7, 11) is 0. The molecule has 0 unspecified atom stereocenters. The van der Waals surface area contributed by atoms with E-state index in [1.165, 1.54) is 12.1 Å². The third kappa shape index (κ3) is 4.65. The molecular formula is C19H21FN2O2. The van der Waals surface area contributed by atoms with Crippen LogP contribution in [0.5, 0.6) is 0 Å². The number of para-hydroxylation sites is 1. The summed E-state index contributed by atoms with van der Waals surface area (Å²) < 4.78 is 13.5. The second-order valence-electron chi connectivity index (χ2n) is 5.32. The van der Waals surface area contributed by atoms with Gasteiger partial charge in [0.15, 0.2) is 0 Å². The quantitative estimate of drug-likeness (QED) is 0.792. The molecule has 0 aliphatic heterocycles. The van der Waals surface area contributed by atoms with Crippen molar-refractivity contribution in [3.05, 3.63) is 66.0 Å². The minimum absolute atomic E-state index is 0.0293. The van der Waals surface area contributed by atoms with E-state index in [1.54, 1.807) is 17.0 Å². The number of carbonyl (C=O) groups is 2. The summed E-state index contributed by atoms with van der Waals surface area (Å²) in [5, 5.41) is 2.69. The monoisotopic (exact) mass is 328 g/mol. The van der Waals surface area contributed by atoms with Gasteiger partial charge in [-0.2, -0.15) is 0 Å². The number of benzene rings is 2. The lowest BCUT2D eigenvalue weighted by atomic mass is 10.2. The van der Waals surface area contributed by atoms with Crippen molar-refractivity contribution in [3.8, 4) is 0 Å². The Morgan fingerprint density at radius 2 is 1.71 bits per heavy atom. The van der Waals surface area contributed by atoms with Gasteiger partial charge in [0.1, 0.15) is 5.82 Å². The van der Waals surface area contributed by atoms with Gasteiger partial charge >= 0.3 is 0 Å². The minimum atomic E-state index is -0.540. The highest BCUT2D eigenvalue weighted by Gasteiger charge is 2.14. The molecule has 2 amide bonds. The highest BCUT2D eigenvalue weighted by molar-refractivity contribution is 5.94. The summed E-state index contributed by atoms with van der Waals surface area (Å²) in [5.41, 5.74) is 0.867. The van der Waals surface area contributed by atoms with Crippen molar-refractivity contribution < 1.29 is 14.0 Å². The lowest BCUT2D eigenvalue weighted by Crippen LogP contribution is -2.34. The van der Waals surface area contributed by atoms with Crippen LogP contribution in [-0.2, 0) is 4.79 Å². The van der Waals surface area contributed by atoms with Crippen LogP contribution in [0.4, 0.5) is 10.1 Å². The van der Waals surface area contributed by atoms with Gasteiger partial charge in [-0.05, 0) is 30.7 Å². The molecular weight excluding hydrogens is 307 g/mol. The molecule has 4 nitrogen and oxygen atoms in total. The largest absolute Gasteiger partial charge is 0.352 e. The van der Waals surface area contributed by atoms with Crippen molar-refractivity contribution in [3.63, 3.8) is 0 Å². The Hall–Kier alpha value is -2.69. The van der Waals surface area contributed by atoms with E-state index >= 15 is 0 Å². The van der Waals surface area contributed by atoms with Gasteiger partial charge in [0, 0.05) is 25.2 Å². The van der Waals surface area contributed by atoms with E-state index in [9.17, 15) is 14.0 Å². The van der Waals surface area contributed by atoms with E-state index in [4.69, 9.17) is 0 Å². The molecule has 126 valence electrons. The molecule has 1 N–H and O–H groups in total. The average Bonchev–Trinajstić information content (AvgIpc) is 2.62. The first-order chi connectivity index (χ1) is 11.6. The molecule has 0 heterocycles. The minimum Gasteiger partial charge on any atom is -0.352 e. The Morgan fingerprint density at radius 3 is 2.38 bits per heavy atom. The van der Waals surface area contributed by atoms with Gasteiger partial charge in [-0.1, -0.05) is 37.3 Å². The maximum atomic E-state index is 13.5. The predicted molar refractivity (Wildman–Crippen MR) is 92.4 cm³/mol. The Labute approximate surface area is 141 Å². The molecule has 0 aromatic heterocycles. The second kappa shape index (κ2) is 8.82. The summed E-state index contributed by atoms with van der Waals surface area (Å²) in [5.74, 6) is -0.954. The van der Waals surface area contributed by atoms with Crippen LogP contribution in [-0.4, -0.2) is 24.9 Å². The summed E-state index contributed by atoms with van der Waals surface area (Å²) in [4.78, 5) is 25.7. The van der Waals surface area contributed by atoms with Crippen LogP contribution in [0.25, 0.3) is 0 Å². The number of hydrogen-bond acceptors (Lipinski definition) is 2. The van der Waals surface area contributed by atoms with Crippen molar-refractivity contribution >= 4 is 17.5 Å². The van der Waals surface area contributed by atoms with Crippen LogP contribution in [0.2, 0.25) is 0 Å². The van der Waals surface area contributed by atoms with Gasteiger partial charge in [-0.15, -0.1) is 0 Å². The molecule has 0 aliphatic rings. The topological polar surface area (TPSA) is 49.4 Å². The van der Waals surface area contributed by atoms with E-state index < -0.39 is 11.7 Å². The smallest absolute Gasteiger partial charge is 0.254 e. The number of amides is 2. The second-order valence-corrected chi connectivity index (χ2v) is 5.32. The van der Waals surface area contributed by atoms with Gasteiger partial charge in [-0.25, -0.2) is 4.39 Å². The predicted octanol–water partition coefficient (Wildman–Crippen LogP) is 3.39. The van der Waals surface area contributed by atoms with Gasteiger partial charge < -0.3 is 10.2 Å². The maximum Gasteiger partial charge on any atom is 0.254 e. The molecule has 2 rings (SSSR count). The fourth-order valence-corrected chi connectivity index (χ4v) is 2.38. The average molecular weight is 328 g/mol. The van der Waals surface area contributed by atoms with E-state index in [2.05, 4.69) is 5.32 Å². The standard InChI is InChI=1S/C19H21FN2O2/c1-2-18(23)22(15-9-4-3-5-10-15)14-8-13-21-19(24)16-11-6-7-12-17(16)20/h3-7,9-12H,2,8,13-14H2,1H3,(H,21,24). The van der Waals surface area contributed by atoms with Crippen molar-refractivity contribution in [2.24, 2.45) is 0 Å². The molecule has 0 saturated heterocycles. The van der Waals surface area contributed by atoms with E-state index in [1.807, 2.05) is 37.3 Å². The molecule has 5 heteroatoms. The van der Waals surface area contributed by atoms with Crippen molar-refractivity contribution in [1.82, 2.24) is 5.32 Å². The van der Waals surface area contributed by atoms with Crippen molar-refractivity contribution in [2.45, 2.75) is 19.8 Å². The first-order valence-corrected chi connectivity index (χ1v) is 8.01. The fourth-order valence-electron chi connectivity index (χ4n) is 2.38. The Bertz CT molecular complexity index is 689. The lowest BCUT2D eigenvalue weighted by molar-refractivity contribution is -0.118. The Balaban J connectivity index is 1.88. The van der Waals surface area contributed by atoms with E-state index in [0.717, 1.165) is 5.69 Å². The van der Waals surface area contributed by atoms with Gasteiger partial charge in [0.25, 0.3) is 5.91 Å².